The normalized spacial score (nSPS) is 13.4. The fourth-order valence-electron chi connectivity index (χ4n) is 13.5. The van der Waals surface area contributed by atoms with Crippen molar-refractivity contribution in [1.82, 2.24) is 14.5 Å². The summed E-state index contributed by atoms with van der Waals surface area (Å²) in [6.07, 6.45) is -4.82. The molecule has 9 heteroatoms. The second kappa shape index (κ2) is 21.1. The molecule has 90 heavy (non-hydrogen) atoms. The van der Waals surface area contributed by atoms with Crippen molar-refractivity contribution < 1.29 is 13.2 Å². The Balaban J connectivity index is 1.04. The number of hydrogen-bond donors (Lipinski definition) is 0. The summed E-state index contributed by atoms with van der Waals surface area (Å²) >= 11 is 0. The van der Waals surface area contributed by atoms with Crippen molar-refractivity contribution in [3.05, 3.63) is 252 Å². The van der Waals surface area contributed by atoms with Gasteiger partial charge in [0.2, 0.25) is 0 Å². The average molecular weight is 1180 g/mol. The van der Waals surface area contributed by atoms with Crippen molar-refractivity contribution >= 4 is 79.0 Å². The molecule has 2 aliphatic heterocycles. The Hall–Kier alpha value is -9.47. The molecular weight excluding hydrogens is 1110 g/mol. The van der Waals surface area contributed by atoms with Gasteiger partial charge in [0.25, 0.3) is 6.71 Å². The maximum atomic E-state index is 16.5. The van der Waals surface area contributed by atoms with Crippen molar-refractivity contribution in [2.75, 3.05) is 9.80 Å². The van der Waals surface area contributed by atoms with Gasteiger partial charge in [-0.3, -0.25) is 0 Å². The average Bonchev–Trinajstić information content (AvgIpc) is 0.741. The lowest BCUT2D eigenvalue weighted by atomic mass is 9.33. The van der Waals surface area contributed by atoms with E-state index in [1.54, 1.807) is 16.7 Å². The van der Waals surface area contributed by atoms with Crippen molar-refractivity contribution in [2.24, 2.45) is 0 Å². The molecule has 0 saturated heterocycles. The zero-order valence-corrected chi connectivity index (χ0v) is 53.3. The molecular formula is C81H73BF3N5. The van der Waals surface area contributed by atoms with Gasteiger partial charge in [-0.25, -0.2) is 9.97 Å². The third-order valence-corrected chi connectivity index (χ3v) is 18.4. The summed E-state index contributed by atoms with van der Waals surface area (Å²) in [5.74, 6) is -0.0149. The SMILES string of the molecule is CC(C)(C)c1cc(N2c3ccccc3B3c4ccccc4N(c4cc(C(C)(C)C)cc(C(C)(C)C)c4)c4cc(-c5ccc6c(c5)c5ccccc5n6-c5cccc(-c6nc(-c7ccccc7)cc(-c7ccccc7)n6)c5C(F)(F)F)cc2c43)cc(C(C)(C)C)c1. The second-order valence-corrected chi connectivity index (χ2v) is 28.7. The standard InChI is InChI=1S/C81H73BF3N5/c1-77(2,3)54-43-55(78(4,5)6)46-58(45-54)88-69-35-23-20-32-63(69)82-64-33-21-24-36-70(64)89(59-47-56(79(7,8)9)44-57(48-59)80(10,11)12)73-42-53(41-72(88)75(73)82)52-38-39-68-62(40-52)60-30-19-22-34-67(60)90(68)71-37-25-31-61(74(71)81(83,84)85)76-86-65(50-26-15-13-16-27-50)49-66(87-76)51-28-17-14-18-29-51/h13-49H,1-12H3. The first-order valence-electron chi connectivity index (χ1n) is 31.3. The number of halogens is 3. The number of alkyl halides is 3. The lowest BCUT2D eigenvalue weighted by Crippen LogP contribution is -2.61. The number of anilines is 6. The summed E-state index contributed by atoms with van der Waals surface area (Å²) in [5.41, 5.74) is 19.4. The largest absolute Gasteiger partial charge is 0.419 e. The van der Waals surface area contributed by atoms with Crippen LogP contribution < -0.4 is 26.2 Å². The highest BCUT2D eigenvalue weighted by Gasteiger charge is 2.45. The third kappa shape index (κ3) is 10.1. The molecule has 2 aliphatic rings. The van der Waals surface area contributed by atoms with Gasteiger partial charge in [0.05, 0.1) is 33.7 Å². The maximum Gasteiger partial charge on any atom is 0.419 e. The fraction of sp³-hybridized carbons (Fsp3) is 0.210. The van der Waals surface area contributed by atoms with Crippen LogP contribution in [0.3, 0.4) is 0 Å². The lowest BCUT2D eigenvalue weighted by molar-refractivity contribution is -0.137. The maximum absolute atomic E-state index is 16.5. The molecule has 0 aliphatic carbocycles. The van der Waals surface area contributed by atoms with Crippen LogP contribution in [0.15, 0.2) is 224 Å². The smallest absolute Gasteiger partial charge is 0.311 e. The van der Waals surface area contributed by atoms with Crippen LogP contribution in [0, 0.1) is 0 Å². The Bertz CT molecular complexity index is 4550. The lowest BCUT2D eigenvalue weighted by Gasteiger charge is -2.45. The molecule has 0 amide bonds. The van der Waals surface area contributed by atoms with Crippen LogP contribution >= 0.6 is 0 Å². The van der Waals surface area contributed by atoms with Gasteiger partial charge >= 0.3 is 6.18 Å². The van der Waals surface area contributed by atoms with Gasteiger partial charge in [-0.05, 0) is 150 Å². The first-order valence-corrected chi connectivity index (χ1v) is 31.3. The summed E-state index contributed by atoms with van der Waals surface area (Å²) in [6, 6.07) is 76.8. The highest BCUT2D eigenvalue weighted by atomic mass is 19.4. The quantitative estimate of drug-likeness (QED) is 0.149. The molecule has 0 atom stereocenters. The van der Waals surface area contributed by atoms with Crippen LogP contribution in [0.5, 0.6) is 0 Å². The Labute approximate surface area is 527 Å². The number of benzene rings is 10. The molecule has 0 bridgehead atoms. The zero-order valence-electron chi connectivity index (χ0n) is 53.3. The molecule has 14 rings (SSSR count). The Kier molecular flexibility index (Phi) is 13.6. The molecule has 2 aromatic heterocycles. The van der Waals surface area contributed by atoms with E-state index in [0.717, 1.165) is 67.2 Å². The molecule has 5 nitrogen and oxygen atoms in total. The van der Waals surface area contributed by atoms with E-state index in [4.69, 9.17) is 9.97 Å². The summed E-state index contributed by atoms with van der Waals surface area (Å²) < 4.78 is 51.3. The number of fused-ring (bicyclic) bond motifs is 7. The van der Waals surface area contributed by atoms with Gasteiger partial charge < -0.3 is 14.4 Å². The van der Waals surface area contributed by atoms with Crippen LogP contribution in [-0.4, -0.2) is 21.2 Å². The van der Waals surface area contributed by atoms with Crippen molar-refractivity contribution in [2.45, 2.75) is 111 Å². The van der Waals surface area contributed by atoms with E-state index in [9.17, 15) is 0 Å². The minimum Gasteiger partial charge on any atom is -0.311 e. The molecule has 0 spiro atoms. The number of aromatic nitrogens is 3. The van der Waals surface area contributed by atoms with Crippen LogP contribution in [0.2, 0.25) is 0 Å². The van der Waals surface area contributed by atoms with Gasteiger partial charge in [-0.15, -0.1) is 0 Å². The summed E-state index contributed by atoms with van der Waals surface area (Å²) in [7, 11) is 0. The van der Waals surface area contributed by atoms with E-state index >= 15 is 13.2 Å². The van der Waals surface area contributed by atoms with Crippen LogP contribution in [0.1, 0.15) is 111 Å². The molecule has 446 valence electrons. The highest BCUT2D eigenvalue weighted by Crippen LogP contribution is 2.50. The molecule has 0 unspecified atom stereocenters. The fourth-order valence-corrected chi connectivity index (χ4v) is 13.5. The molecule has 0 saturated carbocycles. The molecule has 0 fully saturated rings. The molecule has 4 heterocycles. The van der Waals surface area contributed by atoms with E-state index in [-0.39, 0.29) is 45.4 Å². The minimum absolute atomic E-state index is 0.0129. The number of rotatable bonds is 7. The Morgan fingerprint density at radius 1 is 0.344 bits per heavy atom. The first-order chi connectivity index (χ1) is 42.8. The van der Waals surface area contributed by atoms with E-state index in [1.165, 1.54) is 44.7 Å². The predicted octanol–water partition coefficient (Wildman–Crippen LogP) is 20.5. The van der Waals surface area contributed by atoms with Gasteiger partial charge in [0.1, 0.15) is 0 Å². The second-order valence-electron chi connectivity index (χ2n) is 28.7. The van der Waals surface area contributed by atoms with Crippen LogP contribution in [0.25, 0.3) is 72.5 Å². The zero-order chi connectivity index (χ0) is 63.0. The Morgan fingerprint density at radius 2 is 0.778 bits per heavy atom. The number of nitrogens with zero attached hydrogens (tertiary/aromatic N) is 5. The summed E-state index contributed by atoms with van der Waals surface area (Å²) in [4.78, 5) is 14.9. The topological polar surface area (TPSA) is 37.2 Å². The molecule has 0 radical (unpaired) electrons. The van der Waals surface area contributed by atoms with Crippen LogP contribution in [-0.2, 0) is 27.8 Å². The van der Waals surface area contributed by atoms with E-state index < -0.39 is 11.7 Å². The summed E-state index contributed by atoms with van der Waals surface area (Å²) in [5, 5.41) is 1.65. The Morgan fingerprint density at radius 3 is 1.26 bits per heavy atom. The molecule has 10 aromatic carbocycles. The van der Waals surface area contributed by atoms with E-state index in [0.29, 0.717) is 22.4 Å². The van der Waals surface area contributed by atoms with Crippen molar-refractivity contribution in [3.8, 4) is 50.7 Å². The van der Waals surface area contributed by atoms with Gasteiger partial charge in [0, 0.05) is 61.6 Å². The predicted molar refractivity (Wildman–Crippen MR) is 372 cm³/mol. The van der Waals surface area contributed by atoms with E-state index in [2.05, 4.69) is 202 Å². The summed E-state index contributed by atoms with van der Waals surface area (Å²) in [6.45, 7) is 27.4. The van der Waals surface area contributed by atoms with Gasteiger partial charge in [-0.2, -0.15) is 13.2 Å². The molecule has 0 N–H and O–H groups in total. The van der Waals surface area contributed by atoms with E-state index in [1.807, 2.05) is 97.1 Å². The monoisotopic (exact) mass is 1180 g/mol. The third-order valence-electron chi connectivity index (χ3n) is 18.4. The van der Waals surface area contributed by atoms with Crippen LogP contribution in [0.4, 0.5) is 47.3 Å². The number of hydrogen-bond acceptors (Lipinski definition) is 4. The first kappa shape index (κ1) is 58.2. The number of para-hydroxylation sites is 3. The van der Waals surface area contributed by atoms with Crippen molar-refractivity contribution in [1.29, 1.82) is 0 Å². The van der Waals surface area contributed by atoms with Crippen molar-refractivity contribution in [3.63, 3.8) is 0 Å². The molecule has 12 aromatic rings. The minimum atomic E-state index is -4.82. The van der Waals surface area contributed by atoms with Gasteiger partial charge in [0.15, 0.2) is 5.82 Å². The van der Waals surface area contributed by atoms with Gasteiger partial charge in [-0.1, -0.05) is 229 Å². The highest BCUT2D eigenvalue weighted by molar-refractivity contribution is 7.00.